The van der Waals surface area contributed by atoms with Crippen molar-refractivity contribution in [3.05, 3.63) is 29.6 Å². The predicted octanol–water partition coefficient (Wildman–Crippen LogP) is 2.66. The van der Waals surface area contributed by atoms with E-state index in [1.54, 1.807) is 0 Å². The fourth-order valence-electron chi connectivity index (χ4n) is 4.45. The van der Waals surface area contributed by atoms with Crippen LogP contribution < -0.4 is 5.32 Å². The first-order valence-electron chi connectivity index (χ1n) is 10.6. The van der Waals surface area contributed by atoms with Gasteiger partial charge in [0, 0.05) is 38.4 Å². The zero-order valence-electron chi connectivity index (χ0n) is 17.3. The summed E-state index contributed by atoms with van der Waals surface area (Å²) in [5.41, 5.74) is 1.80. The number of imidazole rings is 1. The summed E-state index contributed by atoms with van der Waals surface area (Å²) < 4.78 is 5.39. The highest BCUT2D eigenvalue weighted by Crippen LogP contribution is 2.31. The minimum atomic E-state index is -0.548. The van der Waals surface area contributed by atoms with Crippen LogP contribution in [-0.4, -0.2) is 59.5 Å². The zero-order chi connectivity index (χ0) is 20.4. The SMILES string of the molecule is Cc1nc2ccc(C(=O)N3CCC[C@](C)(C(=O)NCC4CCOCC4)C3)cc2[nH]1. The number of piperidine rings is 1. The van der Waals surface area contributed by atoms with E-state index in [2.05, 4.69) is 15.3 Å². The third-order valence-corrected chi connectivity index (χ3v) is 6.27. The minimum absolute atomic E-state index is 0.0256. The molecule has 0 radical (unpaired) electrons. The minimum Gasteiger partial charge on any atom is -0.381 e. The van der Waals surface area contributed by atoms with E-state index in [0.717, 1.165) is 55.8 Å². The molecule has 7 heteroatoms. The number of nitrogens with zero attached hydrogens (tertiary/aromatic N) is 2. The number of carbonyl (C=O) groups excluding carboxylic acids is 2. The van der Waals surface area contributed by atoms with Crippen molar-refractivity contribution in [3.63, 3.8) is 0 Å². The Morgan fingerprint density at radius 1 is 1.34 bits per heavy atom. The molecule has 0 bridgehead atoms. The highest BCUT2D eigenvalue weighted by Gasteiger charge is 2.39. The van der Waals surface area contributed by atoms with Crippen molar-refractivity contribution in [2.24, 2.45) is 11.3 Å². The van der Waals surface area contributed by atoms with Gasteiger partial charge in [-0.3, -0.25) is 9.59 Å². The van der Waals surface area contributed by atoms with Gasteiger partial charge < -0.3 is 19.9 Å². The number of hydrogen-bond donors (Lipinski definition) is 2. The van der Waals surface area contributed by atoms with Crippen LogP contribution in [0.25, 0.3) is 11.0 Å². The Morgan fingerprint density at radius 3 is 2.93 bits per heavy atom. The molecular formula is C22H30N4O3. The maximum absolute atomic E-state index is 13.1. The number of fused-ring (bicyclic) bond motifs is 1. The van der Waals surface area contributed by atoms with Crippen LogP contribution in [0.4, 0.5) is 0 Å². The van der Waals surface area contributed by atoms with Gasteiger partial charge >= 0.3 is 0 Å². The highest BCUT2D eigenvalue weighted by atomic mass is 16.5. The van der Waals surface area contributed by atoms with E-state index in [1.807, 2.05) is 36.9 Å². The maximum Gasteiger partial charge on any atom is 0.253 e. The average molecular weight is 399 g/mol. The zero-order valence-corrected chi connectivity index (χ0v) is 17.3. The van der Waals surface area contributed by atoms with Gasteiger partial charge in [-0.25, -0.2) is 4.98 Å². The Morgan fingerprint density at radius 2 is 2.14 bits per heavy atom. The van der Waals surface area contributed by atoms with Gasteiger partial charge in [-0.2, -0.15) is 0 Å². The standard InChI is InChI=1S/C22H30N4O3/c1-15-24-18-5-4-17(12-19(18)25-15)20(27)26-9-3-8-22(2,14-26)21(28)23-13-16-6-10-29-11-7-16/h4-5,12,16H,3,6-11,13-14H2,1-2H3,(H,23,28)(H,24,25)/t22-/m0/s1. The van der Waals surface area contributed by atoms with E-state index in [1.165, 1.54) is 0 Å². The molecule has 2 saturated heterocycles. The van der Waals surface area contributed by atoms with Crippen LogP contribution in [0, 0.1) is 18.3 Å². The number of ether oxygens (including phenoxy) is 1. The Balaban J connectivity index is 1.41. The van der Waals surface area contributed by atoms with E-state index in [-0.39, 0.29) is 11.8 Å². The number of likely N-dealkylation sites (tertiary alicyclic amines) is 1. The molecule has 1 aromatic heterocycles. The summed E-state index contributed by atoms with van der Waals surface area (Å²) in [6.07, 6.45) is 3.63. The van der Waals surface area contributed by atoms with Gasteiger partial charge in [0.25, 0.3) is 5.91 Å². The van der Waals surface area contributed by atoms with E-state index >= 15 is 0 Å². The van der Waals surface area contributed by atoms with Crippen LogP contribution >= 0.6 is 0 Å². The number of aryl methyl sites for hydroxylation is 1. The Hall–Kier alpha value is -2.41. The molecule has 2 aliphatic rings. The van der Waals surface area contributed by atoms with Crippen LogP contribution in [-0.2, 0) is 9.53 Å². The largest absolute Gasteiger partial charge is 0.381 e. The number of benzene rings is 1. The fraction of sp³-hybridized carbons (Fsp3) is 0.591. The Labute approximate surface area is 171 Å². The smallest absolute Gasteiger partial charge is 0.253 e. The molecule has 2 aliphatic heterocycles. The molecule has 4 rings (SSSR count). The molecule has 1 atom stereocenters. The van der Waals surface area contributed by atoms with Gasteiger partial charge in [-0.15, -0.1) is 0 Å². The number of hydrogen-bond acceptors (Lipinski definition) is 4. The topological polar surface area (TPSA) is 87.3 Å². The van der Waals surface area contributed by atoms with Crippen LogP contribution in [0.1, 0.15) is 48.8 Å². The van der Waals surface area contributed by atoms with E-state index in [4.69, 9.17) is 4.74 Å². The fourth-order valence-corrected chi connectivity index (χ4v) is 4.45. The Bertz CT molecular complexity index is 903. The molecule has 0 spiro atoms. The van der Waals surface area contributed by atoms with E-state index in [9.17, 15) is 9.59 Å². The molecule has 1 aromatic carbocycles. The van der Waals surface area contributed by atoms with Gasteiger partial charge in [-0.1, -0.05) is 0 Å². The van der Waals surface area contributed by atoms with Crippen molar-refractivity contribution in [2.75, 3.05) is 32.8 Å². The van der Waals surface area contributed by atoms with Gasteiger partial charge in [0.15, 0.2) is 0 Å². The van der Waals surface area contributed by atoms with Crippen LogP contribution in [0.2, 0.25) is 0 Å². The summed E-state index contributed by atoms with van der Waals surface area (Å²) in [5.74, 6) is 1.35. The molecule has 2 N–H and O–H groups in total. The predicted molar refractivity (Wildman–Crippen MR) is 111 cm³/mol. The van der Waals surface area contributed by atoms with Gasteiger partial charge in [0.05, 0.1) is 16.4 Å². The Kier molecular flexibility index (Phi) is 5.58. The molecular weight excluding hydrogens is 368 g/mol. The lowest BCUT2D eigenvalue weighted by Crippen LogP contribution is -2.52. The van der Waals surface area contributed by atoms with Gasteiger partial charge in [0.1, 0.15) is 5.82 Å². The number of carbonyl (C=O) groups is 2. The molecule has 2 aromatic rings. The molecule has 0 unspecified atom stereocenters. The summed E-state index contributed by atoms with van der Waals surface area (Å²) in [4.78, 5) is 35.5. The molecule has 3 heterocycles. The second-order valence-electron chi connectivity index (χ2n) is 8.71. The third-order valence-electron chi connectivity index (χ3n) is 6.27. The molecule has 156 valence electrons. The molecule has 29 heavy (non-hydrogen) atoms. The lowest BCUT2D eigenvalue weighted by atomic mass is 9.80. The first-order valence-corrected chi connectivity index (χ1v) is 10.6. The second-order valence-corrected chi connectivity index (χ2v) is 8.71. The third kappa shape index (κ3) is 4.29. The van der Waals surface area contributed by atoms with Crippen LogP contribution in [0.15, 0.2) is 18.2 Å². The van der Waals surface area contributed by atoms with E-state index < -0.39 is 5.41 Å². The maximum atomic E-state index is 13.1. The van der Waals surface area contributed by atoms with Crippen LogP contribution in [0.5, 0.6) is 0 Å². The number of H-pyrrole nitrogens is 1. The summed E-state index contributed by atoms with van der Waals surface area (Å²) in [7, 11) is 0. The summed E-state index contributed by atoms with van der Waals surface area (Å²) in [5, 5.41) is 3.14. The van der Waals surface area contributed by atoms with Crippen molar-refractivity contribution in [1.82, 2.24) is 20.2 Å². The number of aromatic amines is 1. The number of aromatic nitrogens is 2. The quantitative estimate of drug-likeness (QED) is 0.829. The van der Waals surface area contributed by atoms with Crippen molar-refractivity contribution < 1.29 is 14.3 Å². The molecule has 7 nitrogen and oxygen atoms in total. The lowest BCUT2D eigenvalue weighted by molar-refractivity contribution is -0.133. The second kappa shape index (κ2) is 8.14. The van der Waals surface area contributed by atoms with E-state index in [0.29, 0.717) is 31.1 Å². The van der Waals surface area contributed by atoms with Crippen molar-refractivity contribution >= 4 is 22.8 Å². The lowest BCUT2D eigenvalue weighted by Gasteiger charge is -2.39. The number of amides is 2. The van der Waals surface area contributed by atoms with Crippen molar-refractivity contribution in [2.45, 2.75) is 39.5 Å². The molecule has 2 amide bonds. The molecule has 2 fully saturated rings. The average Bonchev–Trinajstić information content (AvgIpc) is 3.11. The first kappa shape index (κ1) is 19.9. The van der Waals surface area contributed by atoms with Crippen molar-refractivity contribution in [1.29, 1.82) is 0 Å². The van der Waals surface area contributed by atoms with Crippen LogP contribution in [0.3, 0.4) is 0 Å². The molecule has 0 aliphatic carbocycles. The monoisotopic (exact) mass is 398 g/mol. The molecule has 0 saturated carbocycles. The summed E-state index contributed by atoms with van der Waals surface area (Å²) in [6, 6.07) is 5.55. The number of rotatable bonds is 4. The first-order chi connectivity index (χ1) is 13.9. The van der Waals surface area contributed by atoms with Gasteiger partial charge in [-0.05, 0) is 63.6 Å². The normalized spacial score (nSPS) is 23.3. The summed E-state index contributed by atoms with van der Waals surface area (Å²) in [6.45, 7) is 7.26. The highest BCUT2D eigenvalue weighted by molar-refractivity contribution is 5.98. The number of nitrogens with one attached hydrogen (secondary N) is 2. The van der Waals surface area contributed by atoms with Crippen molar-refractivity contribution in [3.8, 4) is 0 Å². The summed E-state index contributed by atoms with van der Waals surface area (Å²) >= 11 is 0. The van der Waals surface area contributed by atoms with Gasteiger partial charge in [0.2, 0.25) is 5.91 Å².